The zero-order chi connectivity index (χ0) is 17.1. The van der Waals surface area contributed by atoms with E-state index in [1.807, 2.05) is 0 Å². The number of urea groups is 1. The number of nitrogens with one attached hydrogen (secondary N) is 1. The quantitative estimate of drug-likeness (QED) is 0.765. The van der Waals surface area contributed by atoms with Crippen LogP contribution in [0.15, 0.2) is 42.9 Å². The van der Waals surface area contributed by atoms with Crippen molar-refractivity contribution in [3.8, 4) is 0 Å². The zero-order valence-corrected chi connectivity index (χ0v) is 12.4. The first-order valence-corrected chi connectivity index (χ1v) is 7.02. The Bertz CT molecular complexity index is 883. The number of carbonyl (C=O) groups is 1. The van der Waals surface area contributed by atoms with Crippen molar-refractivity contribution in [3.05, 3.63) is 54.5 Å². The number of fused-ring (bicyclic) bond motifs is 1. The summed E-state index contributed by atoms with van der Waals surface area (Å²) in [7, 11) is 0. The number of anilines is 2. The maximum absolute atomic E-state index is 13.9. The number of hydrogen-bond acceptors (Lipinski definition) is 4. The largest absolute Gasteiger partial charge is 0.395 e. The summed E-state index contributed by atoms with van der Waals surface area (Å²) in [5.74, 6) is -1.66. The first-order valence-electron chi connectivity index (χ1n) is 7.02. The van der Waals surface area contributed by atoms with Crippen LogP contribution in [-0.4, -0.2) is 38.9 Å². The van der Waals surface area contributed by atoms with Gasteiger partial charge >= 0.3 is 6.03 Å². The molecule has 9 heteroatoms. The molecule has 0 spiro atoms. The lowest BCUT2D eigenvalue weighted by atomic mass is 10.2. The van der Waals surface area contributed by atoms with E-state index < -0.39 is 17.7 Å². The second-order valence-corrected chi connectivity index (χ2v) is 4.88. The van der Waals surface area contributed by atoms with Crippen molar-refractivity contribution >= 4 is 23.1 Å². The SMILES string of the molecule is O=C(Nc1cnn2ccnc2c1)N(CCO)c1ccc(F)cc1F. The summed E-state index contributed by atoms with van der Waals surface area (Å²) < 4.78 is 28.5. The molecular formula is C15H13F2N5O2. The minimum Gasteiger partial charge on any atom is -0.395 e. The van der Waals surface area contributed by atoms with E-state index in [4.69, 9.17) is 5.11 Å². The van der Waals surface area contributed by atoms with Crippen molar-refractivity contribution in [2.45, 2.75) is 0 Å². The molecule has 2 amide bonds. The van der Waals surface area contributed by atoms with Crippen LogP contribution in [0.25, 0.3) is 5.65 Å². The van der Waals surface area contributed by atoms with Gasteiger partial charge in [0.2, 0.25) is 0 Å². The Hall–Kier alpha value is -3.07. The highest BCUT2D eigenvalue weighted by molar-refractivity contribution is 6.01. The predicted octanol–water partition coefficient (Wildman–Crippen LogP) is 2.04. The van der Waals surface area contributed by atoms with Crippen molar-refractivity contribution in [2.75, 3.05) is 23.4 Å². The van der Waals surface area contributed by atoms with Crippen LogP contribution in [0.1, 0.15) is 0 Å². The van der Waals surface area contributed by atoms with Crippen molar-refractivity contribution in [1.29, 1.82) is 0 Å². The number of carbonyl (C=O) groups excluding carboxylic acids is 1. The van der Waals surface area contributed by atoms with Gasteiger partial charge in [0, 0.05) is 24.5 Å². The summed E-state index contributed by atoms with van der Waals surface area (Å²) >= 11 is 0. The molecule has 0 radical (unpaired) electrons. The highest BCUT2D eigenvalue weighted by Gasteiger charge is 2.19. The van der Waals surface area contributed by atoms with Crippen LogP contribution < -0.4 is 10.2 Å². The number of halogens is 2. The number of imidazole rings is 1. The van der Waals surface area contributed by atoms with Gasteiger partial charge in [-0.2, -0.15) is 5.10 Å². The van der Waals surface area contributed by atoms with Crippen LogP contribution in [0.3, 0.4) is 0 Å². The molecule has 2 aromatic heterocycles. The summed E-state index contributed by atoms with van der Waals surface area (Å²) in [4.78, 5) is 17.4. The van der Waals surface area contributed by atoms with Crippen molar-refractivity contribution in [3.63, 3.8) is 0 Å². The number of hydrogen-bond donors (Lipinski definition) is 2. The molecule has 1 aromatic carbocycles. The third-order valence-corrected chi connectivity index (χ3v) is 3.28. The smallest absolute Gasteiger partial charge is 0.326 e. The molecule has 124 valence electrons. The Morgan fingerprint density at radius 1 is 1.33 bits per heavy atom. The van der Waals surface area contributed by atoms with Gasteiger partial charge < -0.3 is 10.4 Å². The lowest BCUT2D eigenvalue weighted by Gasteiger charge is -2.22. The van der Waals surface area contributed by atoms with Crippen molar-refractivity contribution in [1.82, 2.24) is 14.6 Å². The lowest BCUT2D eigenvalue weighted by Crippen LogP contribution is -2.37. The van der Waals surface area contributed by atoms with E-state index >= 15 is 0 Å². The van der Waals surface area contributed by atoms with Crippen LogP contribution in [-0.2, 0) is 0 Å². The Kier molecular flexibility index (Phi) is 4.34. The average molecular weight is 333 g/mol. The molecule has 2 N–H and O–H groups in total. The molecule has 0 atom stereocenters. The molecule has 0 aliphatic heterocycles. The van der Waals surface area contributed by atoms with Gasteiger partial charge in [-0.25, -0.2) is 23.1 Å². The van der Waals surface area contributed by atoms with Gasteiger partial charge in [-0.1, -0.05) is 0 Å². The highest BCUT2D eigenvalue weighted by Crippen LogP contribution is 2.21. The monoisotopic (exact) mass is 333 g/mol. The van der Waals surface area contributed by atoms with E-state index in [1.54, 1.807) is 18.5 Å². The van der Waals surface area contributed by atoms with Crippen molar-refractivity contribution < 1.29 is 18.7 Å². The molecule has 2 heterocycles. The molecule has 3 rings (SSSR count). The average Bonchev–Trinajstić information content (AvgIpc) is 3.01. The van der Waals surface area contributed by atoms with Gasteiger partial charge in [-0.3, -0.25) is 4.90 Å². The number of benzene rings is 1. The Balaban J connectivity index is 1.85. The predicted molar refractivity (Wildman–Crippen MR) is 82.8 cm³/mol. The summed E-state index contributed by atoms with van der Waals surface area (Å²) in [6, 6.07) is 3.74. The normalized spacial score (nSPS) is 10.8. The number of rotatable bonds is 4. The van der Waals surface area contributed by atoms with Gasteiger partial charge in [0.15, 0.2) is 5.65 Å². The number of aliphatic hydroxyl groups excluding tert-OH is 1. The molecule has 24 heavy (non-hydrogen) atoms. The number of aliphatic hydroxyl groups is 1. The highest BCUT2D eigenvalue weighted by atomic mass is 19.1. The Morgan fingerprint density at radius 2 is 2.17 bits per heavy atom. The van der Waals surface area contributed by atoms with Crippen molar-refractivity contribution in [2.24, 2.45) is 0 Å². The van der Waals surface area contributed by atoms with Gasteiger partial charge in [0.05, 0.1) is 30.7 Å². The van der Waals surface area contributed by atoms with Gasteiger partial charge in [0.25, 0.3) is 0 Å². The molecule has 0 saturated heterocycles. The van der Waals surface area contributed by atoms with Gasteiger partial charge in [-0.05, 0) is 12.1 Å². The number of nitrogens with zero attached hydrogens (tertiary/aromatic N) is 4. The maximum atomic E-state index is 13.9. The minimum atomic E-state index is -0.902. The molecule has 3 aromatic rings. The maximum Gasteiger partial charge on any atom is 0.326 e. The third-order valence-electron chi connectivity index (χ3n) is 3.28. The molecule has 0 aliphatic rings. The first-order chi connectivity index (χ1) is 11.6. The fourth-order valence-electron chi connectivity index (χ4n) is 2.20. The van der Waals surface area contributed by atoms with E-state index in [1.165, 1.54) is 10.7 Å². The Morgan fingerprint density at radius 3 is 2.92 bits per heavy atom. The Labute approximate surface area is 135 Å². The van der Waals surface area contributed by atoms with E-state index in [-0.39, 0.29) is 18.8 Å². The fraction of sp³-hybridized carbons (Fsp3) is 0.133. The zero-order valence-electron chi connectivity index (χ0n) is 12.4. The van der Waals surface area contributed by atoms with E-state index in [9.17, 15) is 13.6 Å². The second-order valence-electron chi connectivity index (χ2n) is 4.88. The first kappa shape index (κ1) is 15.8. The summed E-state index contributed by atoms with van der Waals surface area (Å²) in [5, 5.41) is 15.7. The fourth-order valence-corrected chi connectivity index (χ4v) is 2.20. The number of aromatic nitrogens is 3. The molecule has 7 nitrogen and oxygen atoms in total. The van der Waals surface area contributed by atoms with Crippen LogP contribution in [0, 0.1) is 11.6 Å². The third kappa shape index (κ3) is 3.15. The molecule has 0 fully saturated rings. The van der Waals surface area contributed by atoms with Gasteiger partial charge in [-0.15, -0.1) is 0 Å². The minimum absolute atomic E-state index is 0.141. The van der Waals surface area contributed by atoms with E-state index in [0.717, 1.165) is 17.0 Å². The van der Waals surface area contributed by atoms with Crippen LogP contribution in [0.2, 0.25) is 0 Å². The summed E-state index contributed by atoms with van der Waals surface area (Å²) in [6.07, 6.45) is 4.61. The van der Waals surface area contributed by atoms with Crippen LogP contribution in [0.4, 0.5) is 25.0 Å². The van der Waals surface area contributed by atoms with E-state index in [0.29, 0.717) is 17.4 Å². The van der Waals surface area contributed by atoms with Gasteiger partial charge in [0.1, 0.15) is 11.6 Å². The summed E-state index contributed by atoms with van der Waals surface area (Å²) in [6.45, 7) is -0.546. The molecular weight excluding hydrogens is 320 g/mol. The van der Waals surface area contributed by atoms with E-state index in [2.05, 4.69) is 15.4 Å². The molecule has 0 saturated carbocycles. The summed E-state index contributed by atoms with van der Waals surface area (Å²) in [5.41, 5.74) is 0.733. The van der Waals surface area contributed by atoms with Crippen LogP contribution >= 0.6 is 0 Å². The lowest BCUT2D eigenvalue weighted by molar-refractivity contribution is 0.251. The number of amides is 2. The van der Waals surface area contributed by atoms with Crippen LogP contribution in [0.5, 0.6) is 0 Å². The topological polar surface area (TPSA) is 82.8 Å². The molecule has 0 aliphatic carbocycles. The standard InChI is InChI=1S/C15H13F2N5O2/c16-10-1-2-13(12(17)7-10)21(5-6-23)15(24)20-11-8-14-18-3-4-22(14)19-9-11/h1-4,7-9,23H,5-6H2,(H,20,24). The second kappa shape index (κ2) is 6.59. The molecule has 0 bridgehead atoms. The molecule has 0 unspecified atom stereocenters.